The van der Waals surface area contributed by atoms with Crippen molar-refractivity contribution in [3.05, 3.63) is 89.3 Å². The molecule has 3 aromatic carbocycles. The maximum absolute atomic E-state index is 12.9. The van der Waals surface area contributed by atoms with E-state index in [9.17, 15) is 4.79 Å². The Morgan fingerprint density at radius 3 is 2.43 bits per heavy atom. The Morgan fingerprint density at radius 2 is 1.69 bits per heavy atom. The Labute approximate surface area is 206 Å². The van der Waals surface area contributed by atoms with E-state index in [2.05, 4.69) is 39.5 Å². The van der Waals surface area contributed by atoms with E-state index < -0.39 is 0 Å². The molecular formula is C29H30N4O2. The Bertz CT molecular complexity index is 1320. The molecule has 0 atom stereocenters. The number of amides is 1. The number of hydrogen-bond donors (Lipinski definition) is 1. The van der Waals surface area contributed by atoms with Crippen molar-refractivity contribution in [3.8, 4) is 22.6 Å². The minimum Gasteiger partial charge on any atom is -0.421 e. The molecular weight excluding hydrogens is 436 g/mol. The first-order valence-corrected chi connectivity index (χ1v) is 12.2. The fraction of sp³-hybridized carbons (Fsp3) is 0.276. The largest absolute Gasteiger partial charge is 0.421 e. The smallest absolute Gasteiger partial charge is 0.255 e. The summed E-state index contributed by atoms with van der Waals surface area (Å²) in [5.74, 6) is 0.926. The van der Waals surface area contributed by atoms with Crippen LogP contribution in [0, 0.1) is 13.8 Å². The molecule has 1 fully saturated rings. The van der Waals surface area contributed by atoms with Gasteiger partial charge in [-0.1, -0.05) is 36.8 Å². The second-order valence-electron chi connectivity index (χ2n) is 9.22. The second kappa shape index (κ2) is 10.2. The van der Waals surface area contributed by atoms with Crippen LogP contribution in [0.2, 0.25) is 0 Å². The van der Waals surface area contributed by atoms with Gasteiger partial charge in [0.15, 0.2) is 0 Å². The van der Waals surface area contributed by atoms with Gasteiger partial charge < -0.3 is 9.73 Å². The molecule has 1 aliphatic heterocycles. The van der Waals surface area contributed by atoms with Gasteiger partial charge >= 0.3 is 0 Å². The Balaban J connectivity index is 1.29. The number of rotatable bonds is 6. The van der Waals surface area contributed by atoms with Crippen molar-refractivity contribution in [1.29, 1.82) is 0 Å². The van der Waals surface area contributed by atoms with Crippen molar-refractivity contribution < 1.29 is 9.21 Å². The SMILES string of the molecule is Cc1nnc(-c2ccc(C)c(-c3ccc(C(=O)Nc4cccc(CN5CCCCC5)c4)cc3)c2)o1. The second-order valence-corrected chi connectivity index (χ2v) is 9.22. The van der Waals surface area contributed by atoms with Gasteiger partial charge in [-0.2, -0.15) is 0 Å². The van der Waals surface area contributed by atoms with Crippen LogP contribution in [0.1, 0.15) is 46.6 Å². The van der Waals surface area contributed by atoms with Crippen molar-refractivity contribution in [3.63, 3.8) is 0 Å². The van der Waals surface area contributed by atoms with E-state index in [-0.39, 0.29) is 5.91 Å². The summed E-state index contributed by atoms with van der Waals surface area (Å²) in [6, 6.07) is 21.9. The lowest BCUT2D eigenvalue weighted by atomic mass is 9.97. The lowest BCUT2D eigenvalue weighted by molar-refractivity contribution is 0.102. The highest BCUT2D eigenvalue weighted by Gasteiger charge is 2.13. The molecule has 0 aliphatic carbocycles. The molecule has 0 saturated carbocycles. The standard InChI is InChI=1S/C29H30N4O2/c1-20-9-10-25(29-32-31-21(2)35-29)18-27(20)23-11-13-24(14-12-23)28(34)30-26-8-6-7-22(17-26)19-33-15-4-3-5-16-33/h6-14,17-18H,3-5,15-16,19H2,1-2H3,(H,30,34). The molecule has 1 amide bonds. The van der Waals surface area contributed by atoms with E-state index in [1.165, 1.54) is 24.8 Å². The molecule has 35 heavy (non-hydrogen) atoms. The first-order valence-electron chi connectivity index (χ1n) is 12.2. The van der Waals surface area contributed by atoms with E-state index in [1.54, 1.807) is 6.92 Å². The zero-order valence-electron chi connectivity index (χ0n) is 20.3. The van der Waals surface area contributed by atoms with Gasteiger partial charge in [0.1, 0.15) is 0 Å². The average Bonchev–Trinajstić information content (AvgIpc) is 3.31. The molecule has 4 aromatic rings. The van der Waals surface area contributed by atoms with Crippen LogP contribution in [-0.2, 0) is 6.54 Å². The quantitative estimate of drug-likeness (QED) is 0.363. The number of likely N-dealkylation sites (tertiary alicyclic amines) is 1. The summed E-state index contributed by atoms with van der Waals surface area (Å²) in [5, 5.41) is 11.1. The molecule has 0 spiro atoms. The number of benzene rings is 3. The normalized spacial score (nSPS) is 14.1. The maximum atomic E-state index is 12.9. The lowest BCUT2D eigenvalue weighted by Gasteiger charge is -2.26. The third-order valence-electron chi connectivity index (χ3n) is 6.51. The number of carbonyl (C=O) groups is 1. The van der Waals surface area contributed by atoms with Crippen LogP contribution >= 0.6 is 0 Å². The molecule has 1 aliphatic rings. The lowest BCUT2D eigenvalue weighted by Crippen LogP contribution is -2.29. The maximum Gasteiger partial charge on any atom is 0.255 e. The fourth-order valence-corrected chi connectivity index (χ4v) is 4.61. The van der Waals surface area contributed by atoms with Gasteiger partial charge in [-0.05, 0) is 91.5 Å². The van der Waals surface area contributed by atoms with Gasteiger partial charge in [-0.3, -0.25) is 9.69 Å². The van der Waals surface area contributed by atoms with E-state index in [1.807, 2.05) is 54.6 Å². The van der Waals surface area contributed by atoms with Gasteiger partial charge in [0.2, 0.25) is 11.8 Å². The molecule has 1 aromatic heterocycles. The van der Waals surface area contributed by atoms with Gasteiger partial charge in [0, 0.05) is 30.3 Å². The summed E-state index contributed by atoms with van der Waals surface area (Å²) in [7, 11) is 0. The number of hydrogen-bond acceptors (Lipinski definition) is 5. The summed E-state index contributed by atoms with van der Waals surface area (Å²) in [5.41, 5.74) is 6.77. The predicted octanol–water partition coefficient (Wildman–Crippen LogP) is 6.26. The van der Waals surface area contributed by atoms with Crippen LogP contribution in [-0.4, -0.2) is 34.1 Å². The minimum atomic E-state index is -0.113. The molecule has 5 rings (SSSR count). The minimum absolute atomic E-state index is 0.113. The zero-order valence-corrected chi connectivity index (χ0v) is 20.3. The van der Waals surface area contributed by atoms with Crippen molar-refractivity contribution in [2.45, 2.75) is 39.7 Å². The predicted molar refractivity (Wildman–Crippen MR) is 138 cm³/mol. The van der Waals surface area contributed by atoms with Gasteiger partial charge in [-0.15, -0.1) is 10.2 Å². The summed E-state index contributed by atoms with van der Waals surface area (Å²) in [6.45, 7) is 7.08. The number of nitrogens with zero attached hydrogens (tertiary/aromatic N) is 3. The van der Waals surface area contributed by atoms with Crippen molar-refractivity contribution >= 4 is 11.6 Å². The van der Waals surface area contributed by atoms with Gasteiger partial charge in [0.25, 0.3) is 5.91 Å². The van der Waals surface area contributed by atoms with E-state index in [0.29, 0.717) is 17.3 Å². The molecule has 2 heterocycles. The first kappa shape index (κ1) is 23.0. The Kier molecular flexibility index (Phi) is 6.73. The highest BCUT2D eigenvalue weighted by atomic mass is 16.4. The number of aromatic nitrogens is 2. The molecule has 1 saturated heterocycles. The first-order chi connectivity index (χ1) is 17.0. The Hall–Kier alpha value is -3.77. The molecule has 1 N–H and O–H groups in total. The molecule has 0 bridgehead atoms. The molecule has 6 nitrogen and oxygen atoms in total. The highest BCUT2D eigenvalue weighted by Crippen LogP contribution is 2.29. The summed E-state index contributed by atoms with van der Waals surface area (Å²) in [4.78, 5) is 15.4. The molecule has 6 heteroatoms. The third-order valence-corrected chi connectivity index (χ3v) is 6.51. The van der Waals surface area contributed by atoms with Gasteiger partial charge in [-0.25, -0.2) is 0 Å². The monoisotopic (exact) mass is 466 g/mol. The molecule has 178 valence electrons. The van der Waals surface area contributed by atoms with Crippen molar-refractivity contribution in [2.24, 2.45) is 0 Å². The number of anilines is 1. The number of nitrogens with one attached hydrogen (secondary N) is 1. The van der Waals surface area contributed by atoms with E-state index in [4.69, 9.17) is 4.42 Å². The van der Waals surface area contributed by atoms with Crippen LogP contribution < -0.4 is 5.32 Å². The summed E-state index contributed by atoms with van der Waals surface area (Å²) >= 11 is 0. The number of piperidine rings is 1. The topological polar surface area (TPSA) is 71.3 Å². The van der Waals surface area contributed by atoms with Crippen LogP contribution in [0.15, 0.2) is 71.1 Å². The van der Waals surface area contributed by atoms with Gasteiger partial charge in [0.05, 0.1) is 0 Å². The van der Waals surface area contributed by atoms with Crippen LogP contribution in [0.3, 0.4) is 0 Å². The zero-order chi connectivity index (χ0) is 24.2. The highest BCUT2D eigenvalue weighted by molar-refractivity contribution is 6.04. The van der Waals surface area contributed by atoms with E-state index in [0.717, 1.165) is 47.6 Å². The Morgan fingerprint density at radius 1 is 0.914 bits per heavy atom. The summed E-state index contributed by atoms with van der Waals surface area (Å²) in [6.07, 6.45) is 3.87. The third kappa shape index (κ3) is 5.49. The number of carbonyl (C=O) groups excluding carboxylic acids is 1. The van der Waals surface area contributed by atoms with Crippen LogP contribution in [0.5, 0.6) is 0 Å². The van der Waals surface area contributed by atoms with Crippen molar-refractivity contribution in [2.75, 3.05) is 18.4 Å². The number of aryl methyl sites for hydroxylation is 2. The van der Waals surface area contributed by atoms with Crippen LogP contribution in [0.4, 0.5) is 5.69 Å². The van der Waals surface area contributed by atoms with Crippen LogP contribution in [0.25, 0.3) is 22.6 Å². The average molecular weight is 467 g/mol. The van der Waals surface area contributed by atoms with E-state index >= 15 is 0 Å². The molecule has 0 unspecified atom stereocenters. The summed E-state index contributed by atoms with van der Waals surface area (Å²) < 4.78 is 5.58. The molecule has 0 radical (unpaired) electrons. The van der Waals surface area contributed by atoms with Crippen molar-refractivity contribution in [1.82, 2.24) is 15.1 Å². The fourth-order valence-electron chi connectivity index (χ4n) is 4.61.